The second-order valence-corrected chi connectivity index (χ2v) is 6.16. The lowest BCUT2D eigenvalue weighted by molar-refractivity contribution is -0.143. The quantitative estimate of drug-likeness (QED) is 0.917. The Morgan fingerprint density at radius 2 is 1.90 bits per heavy atom. The summed E-state index contributed by atoms with van der Waals surface area (Å²) in [4.78, 5) is 15.5. The van der Waals surface area contributed by atoms with E-state index in [-0.39, 0.29) is 5.92 Å². The Morgan fingerprint density at radius 1 is 1.19 bits per heavy atom. The number of carboxylic acids is 1. The third-order valence-corrected chi connectivity index (χ3v) is 4.99. The fourth-order valence-corrected chi connectivity index (χ4v) is 3.61. The normalized spacial score (nSPS) is 23.9. The van der Waals surface area contributed by atoms with E-state index in [4.69, 9.17) is 5.11 Å². The number of benzene rings is 1. The molecule has 1 aliphatic rings. The van der Waals surface area contributed by atoms with E-state index in [1.165, 1.54) is 10.9 Å². The van der Waals surface area contributed by atoms with Crippen molar-refractivity contribution in [2.45, 2.75) is 38.5 Å². The van der Waals surface area contributed by atoms with Gasteiger partial charge >= 0.3 is 5.97 Å². The Bertz CT molecular complexity index is 639. The zero-order valence-corrected chi connectivity index (χ0v) is 12.3. The maximum Gasteiger partial charge on any atom is 0.306 e. The molecule has 0 radical (unpaired) electrons. The van der Waals surface area contributed by atoms with Gasteiger partial charge in [0, 0.05) is 11.6 Å². The minimum Gasteiger partial charge on any atom is -0.481 e. The number of fused-ring (bicyclic) bond motifs is 1. The monoisotopic (exact) mass is 283 g/mol. The summed E-state index contributed by atoms with van der Waals surface area (Å²) in [6.07, 6.45) is 6.07. The topological polar surface area (TPSA) is 50.2 Å². The van der Waals surface area contributed by atoms with Gasteiger partial charge < -0.3 is 5.11 Å². The zero-order chi connectivity index (χ0) is 14.8. The SMILES string of the molecule is C[C@@H](C(=O)O)C1CCC(c2ccnc3ccccc23)CC1. The largest absolute Gasteiger partial charge is 0.481 e. The molecule has 21 heavy (non-hydrogen) atoms. The van der Waals surface area contributed by atoms with Crippen LogP contribution < -0.4 is 0 Å². The van der Waals surface area contributed by atoms with Gasteiger partial charge in [-0.2, -0.15) is 0 Å². The van der Waals surface area contributed by atoms with Gasteiger partial charge in [0.25, 0.3) is 0 Å². The molecule has 1 atom stereocenters. The van der Waals surface area contributed by atoms with Crippen LogP contribution in [-0.2, 0) is 4.79 Å². The molecule has 2 aromatic rings. The third kappa shape index (κ3) is 2.78. The van der Waals surface area contributed by atoms with Gasteiger partial charge in [-0.3, -0.25) is 9.78 Å². The molecule has 3 nitrogen and oxygen atoms in total. The highest BCUT2D eigenvalue weighted by molar-refractivity contribution is 5.82. The molecule has 1 saturated carbocycles. The van der Waals surface area contributed by atoms with Crippen LogP contribution in [0.15, 0.2) is 36.5 Å². The number of carboxylic acid groups (broad SMARTS) is 1. The number of carbonyl (C=O) groups is 1. The summed E-state index contributed by atoms with van der Waals surface area (Å²) < 4.78 is 0. The van der Waals surface area contributed by atoms with Crippen molar-refractivity contribution in [3.05, 3.63) is 42.1 Å². The number of hydrogen-bond acceptors (Lipinski definition) is 2. The van der Waals surface area contributed by atoms with Gasteiger partial charge in [-0.05, 0) is 55.2 Å². The van der Waals surface area contributed by atoms with E-state index in [1.54, 1.807) is 0 Å². The van der Waals surface area contributed by atoms with E-state index in [0.29, 0.717) is 11.8 Å². The Balaban J connectivity index is 1.79. The number of aliphatic carboxylic acids is 1. The van der Waals surface area contributed by atoms with E-state index in [0.717, 1.165) is 31.2 Å². The van der Waals surface area contributed by atoms with Gasteiger partial charge in [-0.1, -0.05) is 25.1 Å². The van der Waals surface area contributed by atoms with Crippen molar-refractivity contribution in [3.8, 4) is 0 Å². The van der Waals surface area contributed by atoms with E-state index in [1.807, 2.05) is 19.2 Å². The molecule has 1 N–H and O–H groups in total. The van der Waals surface area contributed by atoms with Crippen LogP contribution in [0.3, 0.4) is 0 Å². The van der Waals surface area contributed by atoms with Crippen LogP contribution in [0.25, 0.3) is 10.9 Å². The molecule has 0 aliphatic heterocycles. The summed E-state index contributed by atoms with van der Waals surface area (Å²) >= 11 is 0. The fourth-order valence-electron chi connectivity index (χ4n) is 3.61. The highest BCUT2D eigenvalue weighted by Crippen LogP contribution is 2.40. The Morgan fingerprint density at radius 3 is 2.62 bits per heavy atom. The first-order chi connectivity index (χ1) is 10.2. The molecule has 1 aromatic heterocycles. The van der Waals surface area contributed by atoms with Gasteiger partial charge in [0.1, 0.15) is 0 Å². The smallest absolute Gasteiger partial charge is 0.306 e. The number of pyridine rings is 1. The highest BCUT2D eigenvalue weighted by atomic mass is 16.4. The van der Waals surface area contributed by atoms with Crippen molar-refractivity contribution >= 4 is 16.9 Å². The number of rotatable bonds is 3. The van der Waals surface area contributed by atoms with Crippen molar-refractivity contribution in [2.24, 2.45) is 11.8 Å². The minimum atomic E-state index is -0.659. The van der Waals surface area contributed by atoms with Gasteiger partial charge in [0.15, 0.2) is 0 Å². The molecule has 110 valence electrons. The fraction of sp³-hybridized carbons (Fsp3) is 0.444. The molecule has 0 unspecified atom stereocenters. The predicted molar refractivity (Wildman–Crippen MR) is 83.2 cm³/mol. The van der Waals surface area contributed by atoms with Crippen LogP contribution in [0.2, 0.25) is 0 Å². The summed E-state index contributed by atoms with van der Waals surface area (Å²) in [5, 5.41) is 10.4. The Hall–Kier alpha value is -1.90. The molecule has 3 heteroatoms. The molecule has 1 fully saturated rings. The molecule has 1 aromatic carbocycles. The number of para-hydroxylation sites is 1. The van der Waals surface area contributed by atoms with Crippen LogP contribution in [0.4, 0.5) is 0 Å². The second-order valence-electron chi connectivity index (χ2n) is 6.16. The van der Waals surface area contributed by atoms with E-state index in [9.17, 15) is 4.79 Å². The van der Waals surface area contributed by atoms with Crippen molar-refractivity contribution in [1.82, 2.24) is 4.98 Å². The average Bonchev–Trinajstić information content (AvgIpc) is 2.53. The lowest BCUT2D eigenvalue weighted by atomic mass is 9.74. The molecule has 1 heterocycles. The second kappa shape index (κ2) is 5.84. The average molecular weight is 283 g/mol. The van der Waals surface area contributed by atoms with Gasteiger partial charge in [0.2, 0.25) is 0 Å². The maximum absolute atomic E-state index is 11.1. The van der Waals surface area contributed by atoms with E-state index in [2.05, 4.69) is 29.2 Å². The number of aromatic nitrogens is 1. The summed E-state index contributed by atoms with van der Waals surface area (Å²) in [5.41, 5.74) is 2.43. The maximum atomic E-state index is 11.1. The lowest BCUT2D eigenvalue weighted by Gasteiger charge is -2.31. The van der Waals surface area contributed by atoms with E-state index < -0.39 is 5.97 Å². The van der Waals surface area contributed by atoms with Gasteiger partial charge in [-0.25, -0.2) is 0 Å². The van der Waals surface area contributed by atoms with Crippen LogP contribution in [0, 0.1) is 11.8 Å². The number of hydrogen-bond donors (Lipinski definition) is 1. The molecular formula is C18H21NO2. The van der Waals surface area contributed by atoms with Gasteiger partial charge in [-0.15, -0.1) is 0 Å². The summed E-state index contributed by atoms with van der Waals surface area (Å²) in [6.45, 7) is 1.84. The third-order valence-electron chi connectivity index (χ3n) is 4.99. The van der Waals surface area contributed by atoms with Crippen LogP contribution in [-0.4, -0.2) is 16.1 Å². The van der Waals surface area contributed by atoms with Crippen molar-refractivity contribution in [1.29, 1.82) is 0 Å². The summed E-state index contributed by atoms with van der Waals surface area (Å²) in [5.74, 6) is -0.0186. The van der Waals surface area contributed by atoms with Crippen molar-refractivity contribution in [2.75, 3.05) is 0 Å². The molecule has 1 aliphatic carbocycles. The van der Waals surface area contributed by atoms with Crippen molar-refractivity contribution in [3.63, 3.8) is 0 Å². The molecule has 3 rings (SSSR count). The summed E-state index contributed by atoms with van der Waals surface area (Å²) in [6, 6.07) is 10.4. The molecular weight excluding hydrogens is 262 g/mol. The molecule has 0 amide bonds. The molecule has 0 saturated heterocycles. The predicted octanol–water partition coefficient (Wildman–Crippen LogP) is 4.23. The Kier molecular flexibility index (Phi) is 3.91. The standard InChI is InChI=1S/C18H21NO2/c1-12(18(20)21)13-6-8-14(9-7-13)15-10-11-19-17-5-3-2-4-16(15)17/h2-5,10-14H,6-9H2,1H3,(H,20,21)/t12-,13?,14?/m1/s1. The van der Waals surface area contributed by atoms with Crippen LogP contribution in [0.5, 0.6) is 0 Å². The van der Waals surface area contributed by atoms with Gasteiger partial charge in [0.05, 0.1) is 11.4 Å². The highest BCUT2D eigenvalue weighted by Gasteiger charge is 2.29. The number of nitrogens with zero attached hydrogens (tertiary/aromatic N) is 1. The van der Waals surface area contributed by atoms with Crippen molar-refractivity contribution < 1.29 is 9.90 Å². The first kappa shape index (κ1) is 14.1. The van der Waals surface area contributed by atoms with E-state index >= 15 is 0 Å². The molecule has 0 bridgehead atoms. The summed E-state index contributed by atoms with van der Waals surface area (Å²) in [7, 11) is 0. The zero-order valence-electron chi connectivity index (χ0n) is 12.3. The minimum absolute atomic E-state index is 0.222. The first-order valence-electron chi connectivity index (χ1n) is 7.73. The molecule has 0 spiro atoms. The lowest BCUT2D eigenvalue weighted by Crippen LogP contribution is -2.24. The Labute approximate surface area is 125 Å². The first-order valence-corrected chi connectivity index (χ1v) is 7.73. The van der Waals surface area contributed by atoms with Crippen LogP contribution in [0.1, 0.15) is 44.1 Å². The van der Waals surface area contributed by atoms with Crippen LogP contribution >= 0.6 is 0 Å².